The number of nitrogens with zero attached hydrogens (tertiary/aromatic N) is 1. The maximum atomic E-state index is 3.84. The third-order valence-electron chi connectivity index (χ3n) is 5.30. The maximum Gasteiger partial charge on any atom is 0.0234 e. The molecule has 1 aliphatic rings. The second-order valence-electron chi connectivity index (χ2n) is 7.83. The average Bonchev–Trinajstić information content (AvgIpc) is 2.77. The highest BCUT2D eigenvalue weighted by atomic mass is 15.1. The zero-order valence-electron chi connectivity index (χ0n) is 18.6. The molecule has 1 aromatic carbocycles. The lowest BCUT2D eigenvalue weighted by atomic mass is 10.1. The van der Waals surface area contributed by atoms with Crippen LogP contribution in [0.4, 0.5) is 0 Å². The predicted octanol–water partition coefficient (Wildman–Crippen LogP) is 2.44. The van der Waals surface area contributed by atoms with Gasteiger partial charge in [-0.3, -0.25) is 4.90 Å². The van der Waals surface area contributed by atoms with Gasteiger partial charge in [-0.2, -0.15) is 0 Å². The second kappa shape index (κ2) is 16.0. The standard InChI is InChI=1S/C25H41N5/c1-3-7-23(4-2)20-29-21-24-8-10-25(11-9-24)22-30-18-6-14-27-16-15-26-12-5-13-28-17-19-30/h3-4,7-11,26-29H,1-2,5-6,12-22H2/b23-7+. The summed E-state index contributed by atoms with van der Waals surface area (Å²) in [7, 11) is 0. The third-order valence-corrected chi connectivity index (χ3v) is 5.30. The van der Waals surface area contributed by atoms with Gasteiger partial charge in [0.15, 0.2) is 0 Å². The van der Waals surface area contributed by atoms with Gasteiger partial charge in [-0.05, 0) is 55.7 Å². The van der Waals surface area contributed by atoms with Gasteiger partial charge in [0.2, 0.25) is 0 Å². The van der Waals surface area contributed by atoms with Gasteiger partial charge in [0, 0.05) is 45.8 Å². The smallest absolute Gasteiger partial charge is 0.0234 e. The molecule has 2 rings (SSSR count). The predicted molar refractivity (Wildman–Crippen MR) is 130 cm³/mol. The van der Waals surface area contributed by atoms with Gasteiger partial charge in [0.05, 0.1) is 0 Å². The summed E-state index contributed by atoms with van der Waals surface area (Å²) in [5, 5.41) is 14.1. The number of rotatable bonds is 8. The van der Waals surface area contributed by atoms with E-state index in [2.05, 4.69) is 63.6 Å². The van der Waals surface area contributed by atoms with Crippen molar-refractivity contribution in [3.8, 4) is 0 Å². The fourth-order valence-electron chi connectivity index (χ4n) is 3.55. The Morgan fingerprint density at radius 2 is 1.53 bits per heavy atom. The van der Waals surface area contributed by atoms with Crippen LogP contribution in [0, 0.1) is 0 Å². The number of benzene rings is 1. The molecule has 4 N–H and O–H groups in total. The van der Waals surface area contributed by atoms with Crippen molar-refractivity contribution in [2.24, 2.45) is 0 Å². The zero-order chi connectivity index (χ0) is 21.3. The fourth-order valence-corrected chi connectivity index (χ4v) is 3.55. The molecule has 5 nitrogen and oxygen atoms in total. The molecule has 0 aliphatic carbocycles. The van der Waals surface area contributed by atoms with Crippen LogP contribution in [-0.2, 0) is 13.1 Å². The van der Waals surface area contributed by atoms with Crippen molar-refractivity contribution >= 4 is 0 Å². The van der Waals surface area contributed by atoms with Gasteiger partial charge in [-0.25, -0.2) is 0 Å². The number of nitrogens with one attached hydrogen (secondary N) is 4. The molecule has 166 valence electrons. The van der Waals surface area contributed by atoms with Crippen molar-refractivity contribution in [2.75, 3.05) is 58.9 Å². The highest BCUT2D eigenvalue weighted by Gasteiger charge is 2.07. The van der Waals surface area contributed by atoms with Crippen molar-refractivity contribution < 1.29 is 0 Å². The van der Waals surface area contributed by atoms with E-state index in [1.165, 1.54) is 24.0 Å². The van der Waals surface area contributed by atoms with Crippen LogP contribution in [0.2, 0.25) is 0 Å². The molecular weight excluding hydrogens is 370 g/mol. The molecule has 0 radical (unpaired) electrons. The van der Waals surface area contributed by atoms with Crippen LogP contribution in [0.3, 0.4) is 0 Å². The monoisotopic (exact) mass is 411 g/mol. The normalized spacial score (nSPS) is 18.5. The van der Waals surface area contributed by atoms with E-state index in [0.29, 0.717) is 0 Å². The van der Waals surface area contributed by atoms with Crippen LogP contribution in [0.1, 0.15) is 24.0 Å². The average molecular weight is 412 g/mol. The Labute approximate surface area is 183 Å². The van der Waals surface area contributed by atoms with E-state index in [0.717, 1.165) is 77.6 Å². The maximum absolute atomic E-state index is 3.84. The summed E-state index contributed by atoms with van der Waals surface area (Å²) in [4.78, 5) is 2.57. The van der Waals surface area contributed by atoms with Gasteiger partial charge in [-0.1, -0.05) is 55.7 Å². The van der Waals surface area contributed by atoms with Gasteiger partial charge in [-0.15, -0.1) is 0 Å². The third kappa shape index (κ3) is 10.9. The molecule has 0 aromatic heterocycles. The van der Waals surface area contributed by atoms with E-state index in [1.807, 2.05) is 12.2 Å². The largest absolute Gasteiger partial charge is 0.315 e. The molecule has 1 aromatic rings. The highest BCUT2D eigenvalue weighted by molar-refractivity contribution is 5.24. The zero-order valence-corrected chi connectivity index (χ0v) is 18.6. The minimum atomic E-state index is 0.808. The molecule has 5 heteroatoms. The molecule has 0 amide bonds. The van der Waals surface area contributed by atoms with Crippen LogP contribution in [-0.4, -0.2) is 63.8 Å². The lowest BCUT2D eigenvalue weighted by Gasteiger charge is -2.23. The summed E-state index contributed by atoms with van der Waals surface area (Å²) in [6.07, 6.45) is 8.04. The Morgan fingerprint density at radius 1 is 0.867 bits per heavy atom. The van der Waals surface area contributed by atoms with Gasteiger partial charge >= 0.3 is 0 Å². The van der Waals surface area contributed by atoms with Crippen LogP contribution >= 0.6 is 0 Å². The Kier molecular flexibility index (Phi) is 13.1. The second-order valence-corrected chi connectivity index (χ2v) is 7.83. The SMILES string of the molecule is C=C/C=C(\C=C)CNCc1ccc(CN2CCCNCCNCCCNCC2)cc1. The summed E-state index contributed by atoms with van der Waals surface area (Å²) >= 11 is 0. The van der Waals surface area contributed by atoms with Gasteiger partial charge in [0.1, 0.15) is 0 Å². The summed E-state index contributed by atoms with van der Waals surface area (Å²) < 4.78 is 0. The Balaban J connectivity index is 1.79. The number of allylic oxidation sites excluding steroid dienone is 2. The van der Waals surface area contributed by atoms with Crippen molar-refractivity contribution in [2.45, 2.75) is 25.9 Å². The molecule has 1 heterocycles. The first-order valence-electron chi connectivity index (χ1n) is 11.4. The minimum absolute atomic E-state index is 0.808. The summed E-state index contributed by atoms with van der Waals surface area (Å²) in [5.41, 5.74) is 3.85. The molecule has 1 aliphatic heterocycles. The molecule has 0 saturated carbocycles. The Bertz CT molecular complexity index is 609. The summed E-state index contributed by atoms with van der Waals surface area (Å²) in [5.74, 6) is 0. The molecule has 1 saturated heterocycles. The molecule has 0 atom stereocenters. The van der Waals surface area contributed by atoms with Crippen molar-refractivity contribution in [1.29, 1.82) is 0 Å². The molecule has 0 unspecified atom stereocenters. The van der Waals surface area contributed by atoms with Crippen molar-refractivity contribution in [3.63, 3.8) is 0 Å². The van der Waals surface area contributed by atoms with E-state index < -0.39 is 0 Å². The Hall–Kier alpha value is -1.76. The molecular formula is C25H41N5. The first-order chi connectivity index (χ1) is 14.8. The summed E-state index contributed by atoms with van der Waals surface area (Å²) in [6, 6.07) is 9.02. The molecule has 0 spiro atoms. The van der Waals surface area contributed by atoms with Gasteiger partial charge < -0.3 is 21.3 Å². The quantitative estimate of drug-likeness (QED) is 0.495. The van der Waals surface area contributed by atoms with Crippen LogP contribution in [0.5, 0.6) is 0 Å². The van der Waals surface area contributed by atoms with Crippen LogP contribution < -0.4 is 21.3 Å². The lowest BCUT2D eigenvalue weighted by Crippen LogP contribution is -2.36. The lowest BCUT2D eigenvalue weighted by molar-refractivity contribution is 0.260. The van der Waals surface area contributed by atoms with E-state index in [9.17, 15) is 0 Å². The van der Waals surface area contributed by atoms with Crippen molar-refractivity contribution in [3.05, 3.63) is 72.4 Å². The molecule has 30 heavy (non-hydrogen) atoms. The minimum Gasteiger partial charge on any atom is -0.315 e. The molecule has 0 bridgehead atoms. The topological polar surface area (TPSA) is 51.4 Å². The molecule has 1 fully saturated rings. The fraction of sp³-hybridized carbons (Fsp3) is 0.520. The van der Waals surface area contributed by atoms with Gasteiger partial charge in [0.25, 0.3) is 0 Å². The number of hydrogen-bond donors (Lipinski definition) is 4. The van der Waals surface area contributed by atoms with Crippen molar-refractivity contribution in [1.82, 2.24) is 26.2 Å². The highest BCUT2D eigenvalue weighted by Crippen LogP contribution is 2.08. The number of hydrogen-bond acceptors (Lipinski definition) is 5. The Morgan fingerprint density at radius 3 is 2.23 bits per heavy atom. The summed E-state index contributed by atoms with van der Waals surface area (Å²) in [6.45, 7) is 18.9. The van der Waals surface area contributed by atoms with E-state index in [-0.39, 0.29) is 0 Å². The first kappa shape index (κ1) is 24.5. The van der Waals surface area contributed by atoms with Crippen LogP contribution in [0.15, 0.2) is 61.2 Å². The van der Waals surface area contributed by atoms with Crippen LogP contribution in [0.25, 0.3) is 0 Å². The van der Waals surface area contributed by atoms with E-state index in [4.69, 9.17) is 0 Å². The van der Waals surface area contributed by atoms with E-state index in [1.54, 1.807) is 6.08 Å². The first-order valence-corrected chi connectivity index (χ1v) is 11.4. The van der Waals surface area contributed by atoms with E-state index >= 15 is 0 Å².